The molecule has 0 amide bonds. The first-order valence-corrected chi connectivity index (χ1v) is 11.3. The fourth-order valence-corrected chi connectivity index (χ4v) is 5.45. The number of nitrogens with zero attached hydrogens (tertiary/aromatic N) is 1. The Balaban J connectivity index is 1.79. The minimum Gasteiger partial charge on any atom is -0.485 e. The summed E-state index contributed by atoms with van der Waals surface area (Å²) in [6, 6.07) is 23.2. The number of nitriles is 1. The molecule has 1 heterocycles. The summed E-state index contributed by atoms with van der Waals surface area (Å²) in [4.78, 5) is 0.171. The van der Waals surface area contributed by atoms with Gasteiger partial charge in [-0.25, -0.2) is 12.8 Å². The van der Waals surface area contributed by atoms with Crippen molar-refractivity contribution in [2.75, 3.05) is 0 Å². The Labute approximate surface area is 181 Å². The summed E-state index contributed by atoms with van der Waals surface area (Å²) in [5.41, 5.74) is 1.31. The highest BCUT2D eigenvalue weighted by Gasteiger charge is 2.43. The van der Waals surface area contributed by atoms with Crippen molar-refractivity contribution in [3.63, 3.8) is 0 Å². The summed E-state index contributed by atoms with van der Waals surface area (Å²) in [6.45, 7) is 1.89. The van der Waals surface area contributed by atoms with Crippen LogP contribution in [0.1, 0.15) is 30.0 Å². The van der Waals surface area contributed by atoms with Crippen LogP contribution in [0.3, 0.4) is 0 Å². The van der Waals surface area contributed by atoms with E-state index in [-0.39, 0.29) is 22.0 Å². The van der Waals surface area contributed by atoms with E-state index in [0.717, 1.165) is 17.7 Å². The molecule has 0 aromatic heterocycles. The molecule has 0 radical (unpaired) electrons. The summed E-state index contributed by atoms with van der Waals surface area (Å²) < 4.78 is 46.6. The third kappa shape index (κ3) is 4.23. The smallest absolute Gasteiger partial charge is 0.206 e. The Morgan fingerprint density at radius 1 is 1.00 bits per heavy atom. The van der Waals surface area contributed by atoms with Crippen LogP contribution in [0.5, 0.6) is 0 Å². The fraction of sp³-hybridized carbons (Fsp3) is 0.160. The molecule has 156 valence electrons. The molecule has 0 saturated carbocycles. The SMILES string of the molecule is CC1(Cc2ccccc2)CC(S(=O)(=O)c2ccc(F)cc2)=C(c2ccc(C#N)cc2)O1. The molecule has 0 saturated heterocycles. The first kappa shape index (κ1) is 20.8. The zero-order valence-electron chi connectivity index (χ0n) is 16.9. The number of hydrogen-bond acceptors (Lipinski definition) is 4. The van der Waals surface area contributed by atoms with Gasteiger partial charge in [0.2, 0.25) is 9.84 Å². The van der Waals surface area contributed by atoms with Crippen LogP contribution in [0.25, 0.3) is 5.76 Å². The highest BCUT2D eigenvalue weighted by molar-refractivity contribution is 7.95. The maximum Gasteiger partial charge on any atom is 0.206 e. The minimum absolute atomic E-state index is 0.0163. The molecule has 31 heavy (non-hydrogen) atoms. The predicted molar refractivity (Wildman–Crippen MR) is 116 cm³/mol. The number of sulfone groups is 1. The molecule has 3 aromatic rings. The highest BCUT2D eigenvalue weighted by atomic mass is 32.2. The molecule has 3 aromatic carbocycles. The van der Waals surface area contributed by atoms with Crippen LogP contribution in [0.15, 0.2) is 88.7 Å². The van der Waals surface area contributed by atoms with Gasteiger partial charge in [0.05, 0.1) is 21.4 Å². The van der Waals surface area contributed by atoms with Gasteiger partial charge in [-0.3, -0.25) is 0 Å². The van der Waals surface area contributed by atoms with Gasteiger partial charge >= 0.3 is 0 Å². The van der Waals surface area contributed by atoms with Crippen molar-refractivity contribution in [3.8, 4) is 6.07 Å². The molecule has 6 heteroatoms. The van der Waals surface area contributed by atoms with Crippen LogP contribution in [-0.4, -0.2) is 14.0 Å². The topological polar surface area (TPSA) is 67.2 Å². The zero-order chi connectivity index (χ0) is 22.1. The van der Waals surface area contributed by atoms with E-state index in [1.807, 2.05) is 37.3 Å². The van der Waals surface area contributed by atoms with Crippen molar-refractivity contribution in [3.05, 3.63) is 106 Å². The molecule has 0 fully saturated rings. The van der Waals surface area contributed by atoms with Crippen molar-refractivity contribution < 1.29 is 17.5 Å². The lowest BCUT2D eigenvalue weighted by atomic mass is 9.94. The van der Waals surface area contributed by atoms with Gasteiger partial charge < -0.3 is 4.74 Å². The standard InChI is InChI=1S/C25H20FNO3S/c1-25(15-18-5-3-2-4-6-18)16-23(31(28,29)22-13-11-21(26)12-14-22)24(30-25)20-9-7-19(17-27)8-10-20/h2-14H,15-16H2,1H3. The van der Waals surface area contributed by atoms with Crippen LogP contribution in [0, 0.1) is 17.1 Å². The second kappa shape index (κ2) is 8.01. The van der Waals surface area contributed by atoms with Crippen molar-refractivity contribution in [2.24, 2.45) is 0 Å². The molecule has 0 aliphatic carbocycles. The van der Waals surface area contributed by atoms with Crippen LogP contribution in [-0.2, 0) is 21.0 Å². The number of benzene rings is 3. The highest BCUT2D eigenvalue weighted by Crippen LogP contribution is 2.45. The maximum atomic E-state index is 13.5. The number of ether oxygens (including phenoxy) is 1. The Bertz CT molecular complexity index is 1280. The van der Waals surface area contributed by atoms with Gasteiger partial charge in [0.1, 0.15) is 17.2 Å². The summed E-state index contributed by atoms with van der Waals surface area (Å²) >= 11 is 0. The first-order valence-electron chi connectivity index (χ1n) is 9.78. The third-order valence-electron chi connectivity index (χ3n) is 5.28. The molecule has 1 atom stereocenters. The van der Waals surface area contributed by atoms with Gasteiger partial charge in [0.25, 0.3) is 0 Å². The molecule has 0 N–H and O–H groups in total. The average molecular weight is 434 g/mol. The van der Waals surface area contributed by atoms with Crippen LogP contribution < -0.4 is 0 Å². The Kier molecular flexibility index (Phi) is 5.38. The average Bonchev–Trinajstić information content (AvgIpc) is 3.13. The van der Waals surface area contributed by atoms with E-state index < -0.39 is 21.3 Å². The molecule has 1 aliphatic rings. The minimum atomic E-state index is -3.91. The molecule has 4 nitrogen and oxygen atoms in total. The van der Waals surface area contributed by atoms with E-state index in [1.165, 1.54) is 12.1 Å². The molecule has 1 aliphatic heterocycles. The number of halogens is 1. The van der Waals surface area contributed by atoms with Crippen molar-refractivity contribution in [1.29, 1.82) is 5.26 Å². The van der Waals surface area contributed by atoms with Crippen molar-refractivity contribution >= 4 is 15.6 Å². The van der Waals surface area contributed by atoms with Crippen LogP contribution >= 0.6 is 0 Å². The van der Waals surface area contributed by atoms with E-state index in [0.29, 0.717) is 17.5 Å². The monoisotopic (exact) mass is 433 g/mol. The lowest BCUT2D eigenvalue weighted by Crippen LogP contribution is -2.27. The third-order valence-corrected chi connectivity index (χ3v) is 7.15. The number of rotatable bonds is 5. The van der Waals surface area contributed by atoms with E-state index in [1.54, 1.807) is 24.3 Å². The Hall–Kier alpha value is -3.43. The summed E-state index contributed by atoms with van der Waals surface area (Å²) in [6.07, 6.45) is 0.701. The maximum absolute atomic E-state index is 13.5. The Morgan fingerprint density at radius 3 is 2.26 bits per heavy atom. The summed E-state index contributed by atoms with van der Waals surface area (Å²) in [5.74, 6) is -0.232. The normalized spacial score (nSPS) is 18.5. The van der Waals surface area contributed by atoms with Crippen molar-refractivity contribution in [1.82, 2.24) is 0 Å². The fourth-order valence-electron chi connectivity index (χ4n) is 3.77. The van der Waals surface area contributed by atoms with E-state index in [2.05, 4.69) is 6.07 Å². The molecular weight excluding hydrogens is 413 g/mol. The largest absolute Gasteiger partial charge is 0.485 e. The summed E-state index contributed by atoms with van der Waals surface area (Å²) in [5, 5.41) is 9.07. The zero-order valence-corrected chi connectivity index (χ0v) is 17.7. The molecule has 0 bridgehead atoms. The quantitative estimate of drug-likeness (QED) is 0.515. The lowest BCUT2D eigenvalue weighted by molar-refractivity contribution is 0.0800. The van der Waals surface area contributed by atoms with Gasteiger partial charge in [0, 0.05) is 18.4 Å². The van der Waals surface area contributed by atoms with Crippen LogP contribution in [0.4, 0.5) is 4.39 Å². The van der Waals surface area contributed by atoms with Crippen molar-refractivity contribution in [2.45, 2.75) is 30.3 Å². The lowest BCUT2D eigenvalue weighted by Gasteiger charge is -2.25. The van der Waals surface area contributed by atoms with Gasteiger partial charge in [0.15, 0.2) is 0 Å². The summed E-state index contributed by atoms with van der Waals surface area (Å²) in [7, 11) is -3.91. The molecular formula is C25H20FNO3S. The predicted octanol–water partition coefficient (Wildman–Crippen LogP) is 5.26. The molecule has 1 unspecified atom stereocenters. The molecule has 0 spiro atoms. The van der Waals surface area contributed by atoms with E-state index in [4.69, 9.17) is 10.00 Å². The van der Waals surface area contributed by atoms with Gasteiger partial charge in [-0.2, -0.15) is 5.26 Å². The van der Waals surface area contributed by atoms with Gasteiger partial charge in [-0.05, 0) is 61.0 Å². The van der Waals surface area contributed by atoms with E-state index >= 15 is 0 Å². The first-order chi connectivity index (χ1) is 14.8. The van der Waals surface area contributed by atoms with E-state index in [9.17, 15) is 12.8 Å². The number of hydrogen-bond donors (Lipinski definition) is 0. The molecule has 4 rings (SSSR count). The van der Waals surface area contributed by atoms with Gasteiger partial charge in [-0.15, -0.1) is 0 Å². The van der Waals surface area contributed by atoms with Gasteiger partial charge in [-0.1, -0.05) is 30.3 Å². The van der Waals surface area contributed by atoms with Crippen LogP contribution in [0.2, 0.25) is 0 Å². The Morgan fingerprint density at radius 2 is 1.65 bits per heavy atom. The second-order valence-corrected chi connectivity index (χ2v) is 9.76. The second-order valence-electron chi connectivity index (χ2n) is 7.79.